The van der Waals surface area contributed by atoms with E-state index in [1.807, 2.05) is 20.8 Å². The van der Waals surface area contributed by atoms with Crippen LogP contribution in [-0.4, -0.2) is 56.2 Å². The molecule has 9 nitrogen and oxygen atoms in total. The minimum atomic E-state index is -3.26. The number of anilines is 1. The molecule has 3 N–H and O–H groups in total. The zero-order valence-electron chi connectivity index (χ0n) is 16.7. The lowest BCUT2D eigenvalue weighted by Crippen LogP contribution is -3.12. The number of carbonyl (C=O) groups excluding carboxylic acids is 2. The molecule has 0 saturated heterocycles. The lowest BCUT2D eigenvalue weighted by Gasteiger charge is -2.23. The summed E-state index contributed by atoms with van der Waals surface area (Å²) in [7, 11) is -3.26. The van der Waals surface area contributed by atoms with E-state index < -0.39 is 27.2 Å². The van der Waals surface area contributed by atoms with Gasteiger partial charge >= 0.3 is 11.8 Å². The Balaban J connectivity index is 2.12. The van der Waals surface area contributed by atoms with E-state index in [1.54, 1.807) is 4.68 Å². The van der Waals surface area contributed by atoms with Gasteiger partial charge in [-0.2, -0.15) is 5.10 Å². The second kappa shape index (κ2) is 7.97. The molecule has 0 aliphatic carbocycles. The average Bonchev–Trinajstić information content (AvgIpc) is 3.04. The Morgan fingerprint density at radius 2 is 1.78 bits per heavy atom. The molecule has 0 saturated carbocycles. The molecular weight excluding hydrogens is 370 g/mol. The van der Waals surface area contributed by atoms with Gasteiger partial charge in [0.2, 0.25) is 0 Å². The van der Waals surface area contributed by atoms with Gasteiger partial charge in [-0.3, -0.25) is 9.59 Å². The highest BCUT2D eigenvalue weighted by atomic mass is 32.2. The normalized spacial score (nSPS) is 15.6. The summed E-state index contributed by atoms with van der Waals surface area (Å²) in [4.78, 5) is 25.8. The van der Waals surface area contributed by atoms with Crippen molar-refractivity contribution in [2.45, 2.75) is 51.7 Å². The number of hydrogen-bond donors (Lipinski definition) is 3. The fourth-order valence-corrected chi connectivity index (χ4v) is 4.55. The summed E-state index contributed by atoms with van der Waals surface area (Å²) < 4.78 is 25.4. The number of likely N-dealkylation sites (N-methyl/N-ethyl adjacent to an activating group) is 1. The van der Waals surface area contributed by atoms with Crippen molar-refractivity contribution in [1.82, 2.24) is 15.1 Å². The number of quaternary nitrogens is 1. The third kappa shape index (κ3) is 5.07. The lowest BCUT2D eigenvalue weighted by molar-refractivity contribution is -0.895. The Morgan fingerprint density at radius 1 is 1.15 bits per heavy atom. The quantitative estimate of drug-likeness (QED) is 0.533. The monoisotopic (exact) mass is 400 g/mol. The molecule has 0 fully saturated rings. The molecule has 0 unspecified atom stereocenters. The van der Waals surface area contributed by atoms with Crippen molar-refractivity contribution in [3.8, 4) is 0 Å². The highest BCUT2D eigenvalue weighted by Crippen LogP contribution is 2.34. The maximum absolute atomic E-state index is 12.3. The van der Waals surface area contributed by atoms with Crippen molar-refractivity contribution < 1.29 is 22.9 Å². The van der Waals surface area contributed by atoms with E-state index in [0.29, 0.717) is 17.8 Å². The summed E-state index contributed by atoms with van der Waals surface area (Å²) in [5.41, 5.74) is 0.434. The molecule has 27 heavy (non-hydrogen) atoms. The largest absolute Gasteiger partial charge is 0.342 e. The maximum atomic E-state index is 12.3. The van der Waals surface area contributed by atoms with E-state index in [1.165, 1.54) is 4.90 Å². The van der Waals surface area contributed by atoms with Crippen molar-refractivity contribution >= 4 is 27.5 Å². The Kier molecular flexibility index (Phi) is 6.31. The molecule has 1 aliphatic heterocycles. The zero-order valence-corrected chi connectivity index (χ0v) is 17.5. The number of rotatable bonds is 6. The number of sulfone groups is 1. The van der Waals surface area contributed by atoms with Crippen molar-refractivity contribution in [2.75, 3.05) is 31.5 Å². The van der Waals surface area contributed by atoms with E-state index in [-0.39, 0.29) is 17.3 Å². The first-order valence-electron chi connectivity index (χ1n) is 9.23. The maximum Gasteiger partial charge on any atom is 0.314 e. The number of fused-ring (bicyclic) bond motifs is 1. The molecule has 152 valence electrons. The second-order valence-electron chi connectivity index (χ2n) is 7.81. The van der Waals surface area contributed by atoms with E-state index >= 15 is 0 Å². The Hall–Kier alpha value is -1.94. The Morgan fingerprint density at radius 3 is 2.33 bits per heavy atom. The second-order valence-corrected chi connectivity index (χ2v) is 9.87. The van der Waals surface area contributed by atoms with E-state index in [2.05, 4.69) is 29.6 Å². The van der Waals surface area contributed by atoms with Crippen molar-refractivity contribution in [1.29, 1.82) is 0 Å². The van der Waals surface area contributed by atoms with Gasteiger partial charge in [-0.05, 0) is 34.6 Å². The van der Waals surface area contributed by atoms with Crippen LogP contribution in [0.15, 0.2) is 0 Å². The van der Waals surface area contributed by atoms with Gasteiger partial charge in [-0.15, -0.1) is 0 Å². The summed E-state index contributed by atoms with van der Waals surface area (Å²) in [5.74, 6) is -1.60. The Labute approximate surface area is 160 Å². The summed E-state index contributed by atoms with van der Waals surface area (Å²) in [5, 5.41) is 9.56. The minimum absolute atomic E-state index is 0.146. The molecule has 0 radical (unpaired) electrons. The van der Waals surface area contributed by atoms with Gasteiger partial charge in [0, 0.05) is 5.56 Å². The SMILES string of the molecule is CC[NH+](CC)CCNC(=O)C(=O)Nc1c2c(nn1C(C)(C)C)CS(=O)(=O)C2. The van der Waals surface area contributed by atoms with Crippen LogP contribution in [0.2, 0.25) is 0 Å². The van der Waals surface area contributed by atoms with Crippen LogP contribution < -0.4 is 15.5 Å². The first-order chi connectivity index (χ1) is 12.5. The molecule has 0 atom stereocenters. The number of carbonyl (C=O) groups is 2. The van der Waals surface area contributed by atoms with Crippen LogP contribution in [-0.2, 0) is 36.5 Å². The van der Waals surface area contributed by atoms with Gasteiger partial charge in [0.05, 0.1) is 48.9 Å². The van der Waals surface area contributed by atoms with Crippen LogP contribution in [0, 0.1) is 0 Å². The van der Waals surface area contributed by atoms with Gasteiger partial charge in [0.15, 0.2) is 9.84 Å². The number of nitrogens with one attached hydrogen (secondary N) is 3. The van der Waals surface area contributed by atoms with E-state index in [9.17, 15) is 18.0 Å². The van der Waals surface area contributed by atoms with Crippen molar-refractivity contribution in [3.63, 3.8) is 0 Å². The summed E-state index contributed by atoms with van der Waals surface area (Å²) in [6.45, 7) is 12.8. The third-order valence-electron chi connectivity index (χ3n) is 4.63. The highest BCUT2D eigenvalue weighted by Gasteiger charge is 2.35. The van der Waals surface area contributed by atoms with Crippen LogP contribution >= 0.6 is 0 Å². The van der Waals surface area contributed by atoms with Crippen LogP contribution in [0.3, 0.4) is 0 Å². The van der Waals surface area contributed by atoms with Crippen LogP contribution in [0.1, 0.15) is 45.9 Å². The smallest absolute Gasteiger partial charge is 0.314 e. The van der Waals surface area contributed by atoms with Gasteiger partial charge in [0.1, 0.15) is 5.82 Å². The number of nitrogens with zero attached hydrogens (tertiary/aromatic N) is 2. The summed E-state index contributed by atoms with van der Waals surface area (Å²) >= 11 is 0. The molecule has 0 spiro atoms. The van der Waals surface area contributed by atoms with Crippen molar-refractivity contribution in [3.05, 3.63) is 11.3 Å². The van der Waals surface area contributed by atoms with Gasteiger partial charge in [0.25, 0.3) is 0 Å². The molecule has 0 aromatic carbocycles. The summed E-state index contributed by atoms with van der Waals surface area (Å²) in [6.07, 6.45) is 0. The molecule has 0 bridgehead atoms. The molecular formula is C17H30N5O4S+. The Bertz CT molecular complexity index is 819. The van der Waals surface area contributed by atoms with Crippen LogP contribution in [0.4, 0.5) is 5.82 Å². The molecule has 1 aromatic rings. The van der Waals surface area contributed by atoms with Gasteiger partial charge in [-0.25, -0.2) is 13.1 Å². The first-order valence-corrected chi connectivity index (χ1v) is 11.0. The topological polar surface area (TPSA) is 115 Å². The molecule has 2 heterocycles. The highest BCUT2D eigenvalue weighted by molar-refractivity contribution is 7.90. The van der Waals surface area contributed by atoms with Gasteiger partial charge in [-0.1, -0.05) is 0 Å². The molecule has 1 aromatic heterocycles. The predicted molar refractivity (Wildman–Crippen MR) is 102 cm³/mol. The number of amides is 2. The van der Waals surface area contributed by atoms with Gasteiger partial charge < -0.3 is 15.5 Å². The lowest BCUT2D eigenvalue weighted by atomic mass is 10.1. The van der Waals surface area contributed by atoms with E-state index in [4.69, 9.17) is 0 Å². The number of aromatic nitrogens is 2. The minimum Gasteiger partial charge on any atom is -0.342 e. The number of hydrogen-bond acceptors (Lipinski definition) is 5. The fraction of sp³-hybridized carbons (Fsp3) is 0.706. The van der Waals surface area contributed by atoms with Crippen molar-refractivity contribution in [2.24, 2.45) is 0 Å². The molecule has 10 heteroatoms. The van der Waals surface area contributed by atoms with Crippen LogP contribution in [0.25, 0.3) is 0 Å². The zero-order chi connectivity index (χ0) is 20.4. The summed E-state index contributed by atoms with van der Waals surface area (Å²) in [6, 6.07) is 0. The third-order valence-corrected chi connectivity index (χ3v) is 6.07. The fourth-order valence-electron chi connectivity index (χ4n) is 3.06. The van der Waals surface area contributed by atoms with E-state index in [0.717, 1.165) is 19.6 Å². The molecule has 2 amide bonds. The molecule has 1 aliphatic rings. The predicted octanol–water partition coefficient (Wildman–Crippen LogP) is -0.954. The first kappa shape index (κ1) is 21.4. The standard InChI is InChI=1S/C17H29N5O4S/c1-6-21(7-2)9-8-18-15(23)16(24)19-14-12-10-27(25,26)11-13(12)20-22(14)17(3,4)5/h6-11H2,1-5H3,(H,18,23)(H,19,24)/p+1. The molecule has 2 rings (SSSR count). The van der Waals surface area contributed by atoms with Crippen LogP contribution in [0.5, 0.6) is 0 Å². The average molecular weight is 401 g/mol.